The lowest BCUT2D eigenvalue weighted by molar-refractivity contribution is -0.107. The molecule has 4 aliphatic rings. The highest BCUT2D eigenvalue weighted by Crippen LogP contribution is 2.46. The zero-order chi connectivity index (χ0) is 12.7. The van der Waals surface area contributed by atoms with Crippen molar-refractivity contribution in [3.05, 3.63) is 12.2 Å². The molecule has 0 amide bonds. The normalized spacial score (nSPS) is 46.2. The maximum Gasteiger partial charge on any atom is 0.161 e. The van der Waals surface area contributed by atoms with Crippen LogP contribution in [0.2, 0.25) is 0 Å². The molecule has 0 aromatic rings. The van der Waals surface area contributed by atoms with E-state index < -0.39 is 0 Å². The lowest BCUT2D eigenvalue weighted by atomic mass is 9.93. The van der Waals surface area contributed by atoms with Crippen molar-refractivity contribution in [1.29, 1.82) is 0 Å². The predicted octanol–water partition coefficient (Wildman–Crippen LogP) is 1.27. The zero-order valence-corrected chi connectivity index (χ0v) is 11.4. The summed E-state index contributed by atoms with van der Waals surface area (Å²) in [5.74, 6) is 2.10. The standard InChI is InChI=1S/C15H23NO3/c1-2-12-7-11(1)8-14(12)15-18-10-13(19-15)9-16-3-5-17-6-4-16/h1-2,11-15H,3-10H2/t11-,12-,13+,14-,15-/m0/s1. The number of hydrogen-bond acceptors (Lipinski definition) is 4. The highest BCUT2D eigenvalue weighted by molar-refractivity contribution is 5.11. The second-order valence-electron chi connectivity index (χ2n) is 6.32. The van der Waals surface area contributed by atoms with Crippen molar-refractivity contribution in [2.45, 2.75) is 25.2 Å². The van der Waals surface area contributed by atoms with Gasteiger partial charge in [0, 0.05) is 25.6 Å². The van der Waals surface area contributed by atoms with Crippen molar-refractivity contribution < 1.29 is 14.2 Å². The summed E-state index contributed by atoms with van der Waals surface area (Å²) in [5.41, 5.74) is 0. The third-order valence-electron chi connectivity index (χ3n) is 5.02. The van der Waals surface area contributed by atoms with Crippen molar-refractivity contribution in [3.63, 3.8) is 0 Å². The van der Waals surface area contributed by atoms with E-state index in [0.29, 0.717) is 11.8 Å². The summed E-state index contributed by atoms with van der Waals surface area (Å²) in [5, 5.41) is 0. The molecular weight excluding hydrogens is 242 g/mol. The fraction of sp³-hybridized carbons (Fsp3) is 0.867. The molecule has 4 heteroatoms. The van der Waals surface area contributed by atoms with Crippen LogP contribution in [0.1, 0.15) is 12.8 Å². The zero-order valence-electron chi connectivity index (χ0n) is 11.4. The quantitative estimate of drug-likeness (QED) is 0.719. The van der Waals surface area contributed by atoms with Gasteiger partial charge in [-0.05, 0) is 24.7 Å². The van der Waals surface area contributed by atoms with E-state index in [1.165, 1.54) is 12.8 Å². The number of ether oxygens (including phenoxy) is 3. The Morgan fingerprint density at radius 1 is 1.11 bits per heavy atom. The Hall–Kier alpha value is -0.420. The van der Waals surface area contributed by atoms with E-state index in [0.717, 1.165) is 45.4 Å². The molecule has 0 aromatic carbocycles. The van der Waals surface area contributed by atoms with E-state index in [1.54, 1.807) is 0 Å². The van der Waals surface area contributed by atoms with E-state index >= 15 is 0 Å². The van der Waals surface area contributed by atoms with Crippen molar-refractivity contribution in [2.75, 3.05) is 39.5 Å². The third kappa shape index (κ3) is 2.47. The topological polar surface area (TPSA) is 30.9 Å². The molecule has 0 aromatic heterocycles. The minimum absolute atomic E-state index is 0.0472. The van der Waals surface area contributed by atoms with Crippen LogP contribution in [-0.2, 0) is 14.2 Å². The Kier molecular flexibility index (Phi) is 3.35. The molecule has 0 unspecified atom stereocenters. The van der Waals surface area contributed by atoms with Crippen LogP contribution in [0.15, 0.2) is 12.2 Å². The van der Waals surface area contributed by atoms with Crippen LogP contribution in [0.25, 0.3) is 0 Å². The number of allylic oxidation sites excluding steroid dienone is 2. The summed E-state index contributed by atoms with van der Waals surface area (Å²) < 4.78 is 17.5. The molecule has 5 atom stereocenters. The molecule has 4 rings (SSSR count). The monoisotopic (exact) mass is 265 g/mol. The van der Waals surface area contributed by atoms with Gasteiger partial charge in [-0.1, -0.05) is 12.2 Å². The molecule has 1 saturated carbocycles. The lowest BCUT2D eigenvalue weighted by Crippen LogP contribution is -2.41. The van der Waals surface area contributed by atoms with E-state index in [1.807, 2.05) is 0 Å². The van der Waals surface area contributed by atoms with Gasteiger partial charge in [0.15, 0.2) is 6.29 Å². The van der Waals surface area contributed by atoms with Gasteiger partial charge in [-0.15, -0.1) is 0 Å². The van der Waals surface area contributed by atoms with Crippen molar-refractivity contribution >= 4 is 0 Å². The largest absolute Gasteiger partial charge is 0.379 e. The summed E-state index contributed by atoms with van der Waals surface area (Å²) in [6.45, 7) is 5.53. The molecule has 19 heavy (non-hydrogen) atoms. The van der Waals surface area contributed by atoms with Gasteiger partial charge in [0.1, 0.15) is 0 Å². The first-order valence-electron chi connectivity index (χ1n) is 7.64. The van der Waals surface area contributed by atoms with Gasteiger partial charge in [-0.25, -0.2) is 0 Å². The molecule has 3 fully saturated rings. The summed E-state index contributed by atoms with van der Waals surface area (Å²) in [6.07, 6.45) is 7.64. The Morgan fingerprint density at radius 3 is 2.74 bits per heavy atom. The maximum absolute atomic E-state index is 6.16. The Morgan fingerprint density at radius 2 is 2.00 bits per heavy atom. The van der Waals surface area contributed by atoms with E-state index in [9.17, 15) is 0 Å². The lowest BCUT2D eigenvalue weighted by Gasteiger charge is -2.29. The van der Waals surface area contributed by atoms with Gasteiger partial charge in [-0.2, -0.15) is 0 Å². The van der Waals surface area contributed by atoms with Crippen molar-refractivity contribution in [2.24, 2.45) is 17.8 Å². The molecule has 2 aliphatic carbocycles. The van der Waals surface area contributed by atoms with E-state index in [2.05, 4.69) is 17.1 Å². The van der Waals surface area contributed by atoms with E-state index in [4.69, 9.17) is 14.2 Å². The van der Waals surface area contributed by atoms with E-state index in [-0.39, 0.29) is 12.4 Å². The van der Waals surface area contributed by atoms with Crippen LogP contribution in [0, 0.1) is 17.8 Å². The van der Waals surface area contributed by atoms with Crippen LogP contribution < -0.4 is 0 Å². The Bertz CT molecular complexity index is 353. The van der Waals surface area contributed by atoms with Gasteiger partial charge in [-0.3, -0.25) is 4.90 Å². The number of hydrogen-bond donors (Lipinski definition) is 0. The Balaban J connectivity index is 1.29. The smallest absolute Gasteiger partial charge is 0.161 e. The molecule has 2 saturated heterocycles. The summed E-state index contributed by atoms with van der Waals surface area (Å²) in [6, 6.07) is 0. The second kappa shape index (κ2) is 5.17. The number of rotatable bonds is 3. The van der Waals surface area contributed by atoms with Gasteiger partial charge in [0.05, 0.1) is 25.9 Å². The number of morpholine rings is 1. The highest BCUT2D eigenvalue weighted by atomic mass is 16.7. The van der Waals surface area contributed by atoms with Gasteiger partial charge in [0.2, 0.25) is 0 Å². The van der Waals surface area contributed by atoms with Crippen LogP contribution in [0.5, 0.6) is 0 Å². The van der Waals surface area contributed by atoms with Gasteiger partial charge >= 0.3 is 0 Å². The van der Waals surface area contributed by atoms with Crippen molar-refractivity contribution in [1.82, 2.24) is 4.90 Å². The number of fused-ring (bicyclic) bond motifs is 2. The molecule has 2 bridgehead atoms. The summed E-state index contributed by atoms with van der Waals surface area (Å²) in [4.78, 5) is 2.43. The first kappa shape index (κ1) is 12.3. The SMILES string of the molecule is C1=C[C@H]2C[C@H]1C[C@@H]2[C@H]1OC[C@@H](CN2CCOCC2)O1. The maximum atomic E-state index is 6.16. The van der Waals surface area contributed by atoms with Gasteiger partial charge < -0.3 is 14.2 Å². The average Bonchev–Trinajstić information content (AvgIpc) is 3.15. The first-order chi connectivity index (χ1) is 9.38. The first-order valence-corrected chi connectivity index (χ1v) is 7.64. The fourth-order valence-corrected chi connectivity index (χ4v) is 4.00. The van der Waals surface area contributed by atoms with Crippen LogP contribution in [0.4, 0.5) is 0 Å². The molecule has 4 nitrogen and oxygen atoms in total. The minimum Gasteiger partial charge on any atom is -0.379 e. The highest BCUT2D eigenvalue weighted by Gasteiger charge is 2.44. The molecule has 2 aliphatic heterocycles. The summed E-state index contributed by atoms with van der Waals surface area (Å²) >= 11 is 0. The average molecular weight is 265 g/mol. The Labute approximate surface area is 114 Å². The fourth-order valence-electron chi connectivity index (χ4n) is 4.00. The third-order valence-corrected chi connectivity index (χ3v) is 5.02. The molecule has 2 heterocycles. The molecular formula is C15H23NO3. The van der Waals surface area contributed by atoms with Crippen LogP contribution in [-0.4, -0.2) is 56.7 Å². The molecule has 106 valence electrons. The van der Waals surface area contributed by atoms with Gasteiger partial charge in [0.25, 0.3) is 0 Å². The summed E-state index contributed by atoms with van der Waals surface area (Å²) in [7, 11) is 0. The second-order valence-corrected chi connectivity index (χ2v) is 6.32. The van der Waals surface area contributed by atoms with Crippen molar-refractivity contribution in [3.8, 4) is 0 Å². The molecule has 0 radical (unpaired) electrons. The van der Waals surface area contributed by atoms with Crippen LogP contribution in [0.3, 0.4) is 0 Å². The van der Waals surface area contributed by atoms with Crippen LogP contribution >= 0.6 is 0 Å². The predicted molar refractivity (Wildman–Crippen MR) is 70.7 cm³/mol. The molecule has 0 spiro atoms. The number of nitrogens with zero attached hydrogens (tertiary/aromatic N) is 1. The minimum atomic E-state index is 0.0472. The molecule has 0 N–H and O–H groups in total.